The lowest BCUT2D eigenvalue weighted by Crippen LogP contribution is -2.39. The zero-order valence-corrected chi connectivity index (χ0v) is 11.7. The van der Waals surface area contributed by atoms with Crippen molar-refractivity contribution in [2.24, 2.45) is 0 Å². The lowest BCUT2D eigenvalue weighted by Gasteiger charge is -2.33. The summed E-state index contributed by atoms with van der Waals surface area (Å²) in [5.41, 5.74) is 3.26. The third-order valence-corrected chi connectivity index (χ3v) is 4.07. The van der Waals surface area contributed by atoms with Gasteiger partial charge in [0, 0.05) is 19.0 Å². The van der Waals surface area contributed by atoms with E-state index in [-0.39, 0.29) is 5.91 Å². The third kappa shape index (κ3) is 2.46. The van der Waals surface area contributed by atoms with Crippen LogP contribution in [0.3, 0.4) is 0 Å². The van der Waals surface area contributed by atoms with E-state index in [1.165, 1.54) is 11.1 Å². The van der Waals surface area contributed by atoms with E-state index in [1.54, 1.807) is 12.5 Å². The fraction of sp³-hybridized carbons (Fsp3) is 0.375. The molecule has 1 aromatic carbocycles. The molecular weight excluding hydrogens is 250 g/mol. The van der Waals surface area contributed by atoms with Crippen LogP contribution in [0.5, 0.6) is 0 Å². The minimum atomic E-state index is 0.0563. The molecule has 1 atom stereocenters. The number of carbonyl (C=O) groups excluding carboxylic acids is 1. The predicted octanol–water partition coefficient (Wildman–Crippen LogP) is 2.74. The summed E-state index contributed by atoms with van der Waals surface area (Å²) in [4.78, 5) is 21.1. The Balaban J connectivity index is 1.77. The van der Waals surface area contributed by atoms with E-state index in [0.29, 0.717) is 11.6 Å². The number of imidazole rings is 1. The molecule has 4 nitrogen and oxygen atoms in total. The standard InChI is InChI=1S/C16H19N3O/c1-12-5-2-3-7-14(12)13-6-4-8-19(10-13)16(20)15-9-17-11-18-15/h2-3,5,7,9,11,13H,4,6,8,10H2,1H3,(H,17,18)/t13-/m0/s1. The van der Waals surface area contributed by atoms with Gasteiger partial charge < -0.3 is 9.88 Å². The number of nitrogens with one attached hydrogen (secondary N) is 1. The van der Waals surface area contributed by atoms with Gasteiger partial charge in [0.05, 0.1) is 12.5 Å². The number of amides is 1. The number of hydrogen-bond acceptors (Lipinski definition) is 2. The van der Waals surface area contributed by atoms with Crippen LogP contribution in [0.1, 0.15) is 40.4 Å². The fourth-order valence-corrected chi connectivity index (χ4v) is 3.00. The first-order valence-electron chi connectivity index (χ1n) is 7.09. The van der Waals surface area contributed by atoms with Crippen molar-refractivity contribution in [3.05, 3.63) is 53.6 Å². The summed E-state index contributed by atoms with van der Waals surface area (Å²) >= 11 is 0. The molecule has 0 bridgehead atoms. The van der Waals surface area contributed by atoms with Crippen LogP contribution in [-0.2, 0) is 0 Å². The molecule has 0 aliphatic carbocycles. The number of aromatic nitrogens is 2. The van der Waals surface area contributed by atoms with Gasteiger partial charge >= 0.3 is 0 Å². The Morgan fingerprint density at radius 1 is 1.40 bits per heavy atom. The second kappa shape index (κ2) is 5.49. The van der Waals surface area contributed by atoms with E-state index < -0.39 is 0 Å². The number of benzene rings is 1. The van der Waals surface area contributed by atoms with Gasteiger partial charge in [-0.1, -0.05) is 24.3 Å². The Hall–Kier alpha value is -2.10. The lowest BCUT2D eigenvalue weighted by molar-refractivity contribution is 0.0701. The van der Waals surface area contributed by atoms with E-state index in [0.717, 1.165) is 25.9 Å². The Kier molecular flexibility index (Phi) is 3.54. The highest BCUT2D eigenvalue weighted by atomic mass is 16.2. The number of likely N-dealkylation sites (tertiary alicyclic amines) is 1. The Bertz CT molecular complexity index is 592. The van der Waals surface area contributed by atoms with Crippen LogP contribution in [0.25, 0.3) is 0 Å². The number of aryl methyl sites for hydroxylation is 1. The molecule has 3 rings (SSSR count). The Morgan fingerprint density at radius 3 is 3.00 bits per heavy atom. The van der Waals surface area contributed by atoms with E-state index in [4.69, 9.17) is 0 Å². The van der Waals surface area contributed by atoms with Crippen LogP contribution >= 0.6 is 0 Å². The number of nitrogens with zero attached hydrogens (tertiary/aromatic N) is 2. The SMILES string of the molecule is Cc1ccccc1[C@H]1CCCN(C(=O)c2cnc[nH]2)C1. The topological polar surface area (TPSA) is 49.0 Å². The number of carbonyl (C=O) groups is 1. The van der Waals surface area contributed by atoms with Gasteiger partial charge in [-0.25, -0.2) is 4.98 Å². The number of piperidine rings is 1. The molecule has 20 heavy (non-hydrogen) atoms. The zero-order valence-electron chi connectivity index (χ0n) is 11.7. The van der Waals surface area contributed by atoms with Gasteiger partial charge in [-0.05, 0) is 30.9 Å². The molecule has 1 saturated heterocycles. The van der Waals surface area contributed by atoms with Crippen LogP contribution in [0.15, 0.2) is 36.8 Å². The van der Waals surface area contributed by atoms with Gasteiger partial charge in [0.15, 0.2) is 0 Å². The van der Waals surface area contributed by atoms with Crippen molar-refractivity contribution in [2.45, 2.75) is 25.7 Å². The molecule has 1 fully saturated rings. The largest absolute Gasteiger partial charge is 0.341 e. The second-order valence-electron chi connectivity index (χ2n) is 5.41. The smallest absolute Gasteiger partial charge is 0.271 e. The minimum absolute atomic E-state index is 0.0563. The molecule has 0 radical (unpaired) electrons. The van der Waals surface area contributed by atoms with Crippen molar-refractivity contribution in [3.8, 4) is 0 Å². The molecular formula is C16H19N3O. The molecule has 1 amide bonds. The summed E-state index contributed by atoms with van der Waals surface area (Å²) in [6.45, 7) is 3.77. The molecule has 0 saturated carbocycles. The Labute approximate surface area is 118 Å². The van der Waals surface area contributed by atoms with Gasteiger partial charge in [0.25, 0.3) is 5.91 Å². The minimum Gasteiger partial charge on any atom is -0.341 e. The van der Waals surface area contributed by atoms with Gasteiger partial charge in [0.2, 0.25) is 0 Å². The lowest BCUT2D eigenvalue weighted by atomic mass is 9.88. The van der Waals surface area contributed by atoms with Gasteiger partial charge in [-0.3, -0.25) is 4.79 Å². The summed E-state index contributed by atoms with van der Waals surface area (Å²) in [5, 5.41) is 0. The average molecular weight is 269 g/mol. The number of hydrogen-bond donors (Lipinski definition) is 1. The van der Waals surface area contributed by atoms with E-state index in [1.807, 2.05) is 4.90 Å². The fourth-order valence-electron chi connectivity index (χ4n) is 3.00. The van der Waals surface area contributed by atoms with Crippen LogP contribution in [-0.4, -0.2) is 33.9 Å². The summed E-state index contributed by atoms with van der Waals surface area (Å²) in [6.07, 6.45) is 5.35. The number of aromatic amines is 1. The summed E-state index contributed by atoms with van der Waals surface area (Å²) in [7, 11) is 0. The van der Waals surface area contributed by atoms with Crippen molar-refractivity contribution in [1.29, 1.82) is 0 Å². The Morgan fingerprint density at radius 2 is 2.25 bits per heavy atom. The highest BCUT2D eigenvalue weighted by Crippen LogP contribution is 2.29. The second-order valence-corrected chi connectivity index (χ2v) is 5.41. The molecule has 1 N–H and O–H groups in total. The maximum absolute atomic E-state index is 12.4. The summed E-state index contributed by atoms with van der Waals surface area (Å²) in [5.74, 6) is 0.498. The first-order valence-corrected chi connectivity index (χ1v) is 7.09. The molecule has 1 aromatic heterocycles. The first-order chi connectivity index (χ1) is 9.75. The molecule has 1 aliphatic rings. The first kappa shape index (κ1) is 12.9. The zero-order chi connectivity index (χ0) is 13.9. The maximum atomic E-state index is 12.4. The van der Waals surface area contributed by atoms with Gasteiger partial charge in [-0.15, -0.1) is 0 Å². The van der Waals surface area contributed by atoms with Crippen molar-refractivity contribution in [3.63, 3.8) is 0 Å². The van der Waals surface area contributed by atoms with Crippen LogP contribution in [0.2, 0.25) is 0 Å². The number of H-pyrrole nitrogens is 1. The summed E-state index contributed by atoms with van der Waals surface area (Å²) < 4.78 is 0. The summed E-state index contributed by atoms with van der Waals surface area (Å²) in [6, 6.07) is 8.47. The molecule has 0 spiro atoms. The van der Waals surface area contributed by atoms with E-state index >= 15 is 0 Å². The van der Waals surface area contributed by atoms with Gasteiger partial charge in [0.1, 0.15) is 5.69 Å². The highest BCUT2D eigenvalue weighted by molar-refractivity contribution is 5.92. The molecule has 2 heterocycles. The number of rotatable bonds is 2. The molecule has 4 heteroatoms. The van der Waals surface area contributed by atoms with E-state index in [9.17, 15) is 4.79 Å². The predicted molar refractivity (Wildman–Crippen MR) is 77.6 cm³/mol. The molecule has 104 valence electrons. The molecule has 0 unspecified atom stereocenters. The molecule has 2 aromatic rings. The van der Waals surface area contributed by atoms with Crippen LogP contribution in [0.4, 0.5) is 0 Å². The molecule has 1 aliphatic heterocycles. The highest BCUT2D eigenvalue weighted by Gasteiger charge is 2.26. The van der Waals surface area contributed by atoms with E-state index in [2.05, 4.69) is 41.2 Å². The van der Waals surface area contributed by atoms with Crippen molar-refractivity contribution in [1.82, 2.24) is 14.9 Å². The van der Waals surface area contributed by atoms with Gasteiger partial charge in [-0.2, -0.15) is 0 Å². The normalized spacial score (nSPS) is 19.1. The monoisotopic (exact) mass is 269 g/mol. The van der Waals surface area contributed by atoms with Crippen LogP contribution < -0.4 is 0 Å². The van der Waals surface area contributed by atoms with Crippen LogP contribution in [0, 0.1) is 6.92 Å². The van der Waals surface area contributed by atoms with Crippen molar-refractivity contribution < 1.29 is 4.79 Å². The maximum Gasteiger partial charge on any atom is 0.271 e. The van der Waals surface area contributed by atoms with Crippen molar-refractivity contribution >= 4 is 5.91 Å². The third-order valence-electron chi connectivity index (χ3n) is 4.07. The van der Waals surface area contributed by atoms with Crippen molar-refractivity contribution in [2.75, 3.05) is 13.1 Å². The quantitative estimate of drug-likeness (QED) is 0.911. The average Bonchev–Trinajstić information content (AvgIpc) is 3.01.